The number of aliphatic hydroxyl groups excluding tert-OH is 1. The second kappa shape index (κ2) is 12.4. The molecule has 0 radical (unpaired) electrons. The van der Waals surface area contributed by atoms with Gasteiger partial charge in [0.25, 0.3) is 0 Å². The molecule has 3 N–H and O–H groups in total. The Balaban J connectivity index is 1.12. The summed E-state index contributed by atoms with van der Waals surface area (Å²) in [5, 5.41) is 25.1. The molecule has 42 heavy (non-hydrogen) atoms. The van der Waals surface area contributed by atoms with Crippen LogP contribution in [-0.2, 0) is 11.3 Å². The number of anilines is 3. The second-order valence-corrected chi connectivity index (χ2v) is 10.5. The van der Waals surface area contributed by atoms with Crippen molar-refractivity contribution in [2.24, 2.45) is 0 Å². The van der Waals surface area contributed by atoms with Crippen LogP contribution in [0.5, 0.6) is 0 Å². The number of nitrogens with one attached hydrogen (secondary N) is 2. The lowest BCUT2D eigenvalue weighted by Gasteiger charge is -2.35. The molecule has 0 bridgehead atoms. The van der Waals surface area contributed by atoms with E-state index < -0.39 is 6.23 Å². The Hall–Kier alpha value is -4.17. The number of amides is 2. The Morgan fingerprint density at radius 2 is 1.57 bits per heavy atom. The van der Waals surface area contributed by atoms with Gasteiger partial charge in [-0.25, -0.2) is 19.4 Å². The number of fused-ring (bicyclic) bond motifs is 1. The Labute approximate surface area is 244 Å². The Bertz CT molecular complexity index is 1510. The molecule has 0 saturated carbocycles. The molecule has 13 heteroatoms. The van der Waals surface area contributed by atoms with E-state index in [1.54, 1.807) is 16.8 Å². The summed E-state index contributed by atoms with van der Waals surface area (Å²) >= 11 is 0. The number of carbonyl (C=O) groups excluding carboxylic acids is 1. The van der Waals surface area contributed by atoms with Crippen molar-refractivity contribution in [3.05, 3.63) is 54.1 Å². The zero-order chi connectivity index (χ0) is 29.1. The standard InChI is InChI=1S/C29H36N10O3/c1-3-39-27-24(34-35-39)26(37-16-18-42-19-17-37)32-25(33-27)20-4-8-22(9-5-20)30-29(41)31-23-10-6-21(7-11-23)28(40)38-14-12-36(2)13-15-38/h4-11,28,40H,3,12-19H2,1-2H3,(H2,30,31,41). The van der Waals surface area contributed by atoms with Crippen LogP contribution < -0.4 is 15.5 Å². The van der Waals surface area contributed by atoms with Crippen molar-refractivity contribution < 1.29 is 14.6 Å². The number of morpholine rings is 1. The molecule has 220 valence electrons. The molecule has 2 fully saturated rings. The highest BCUT2D eigenvalue weighted by atomic mass is 16.5. The van der Waals surface area contributed by atoms with Gasteiger partial charge in [0.05, 0.1) is 13.2 Å². The van der Waals surface area contributed by atoms with E-state index in [4.69, 9.17) is 14.7 Å². The minimum atomic E-state index is -0.659. The molecule has 2 aromatic carbocycles. The van der Waals surface area contributed by atoms with Gasteiger partial charge in [0.2, 0.25) is 0 Å². The quantitative estimate of drug-likeness (QED) is 0.303. The molecule has 2 aliphatic heterocycles. The van der Waals surface area contributed by atoms with E-state index in [9.17, 15) is 9.90 Å². The molecular weight excluding hydrogens is 536 g/mol. The molecule has 1 atom stereocenters. The lowest BCUT2D eigenvalue weighted by molar-refractivity contribution is -0.0232. The van der Waals surface area contributed by atoms with Crippen LogP contribution in [0.3, 0.4) is 0 Å². The first-order valence-corrected chi connectivity index (χ1v) is 14.3. The molecule has 2 aliphatic rings. The number of aliphatic hydroxyl groups is 1. The van der Waals surface area contributed by atoms with Gasteiger partial charge in [-0.2, -0.15) is 0 Å². The molecule has 2 amide bonds. The van der Waals surface area contributed by atoms with Crippen molar-refractivity contribution in [2.75, 3.05) is 75.1 Å². The van der Waals surface area contributed by atoms with Crippen molar-refractivity contribution in [3.63, 3.8) is 0 Å². The van der Waals surface area contributed by atoms with Crippen LogP contribution in [-0.4, -0.2) is 105 Å². The summed E-state index contributed by atoms with van der Waals surface area (Å²) < 4.78 is 7.29. The van der Waals surface area contributed by atoms with Crippen LogP contribution >= 0.6 is 0 Å². The summed E-state index contributed by atoms with van der Waals surface area (Å²) in [6, 6.07) is 14.3. The number of aromatic nitrogens is 5. The topological polar surface area (TPSA) is 137 Å². The third-order valence-corrected chi connectivity index (χ3v) is 7.71. The van der Waals surface area contributed by atoms with E-state index in [0.29, 0.717) is 48.1 Å². The van der Waals surface area contributed by atoms with E-state index in [0.717, 1.165) is 56.2 Å². The van der Waals surface area contributed by atoms with Gasteiger partial charge in [-0.15, -0.1) is 5.10 Å². The molecule has 1 unspecified atom stereocenters. The SMILES string of the molecule is CCn1nnc2c(N3CCOCC3)nc(-c3ccc(NC(=O)Nc4ccc(C(O)N5CCN(C)CC5)cc4)cc3)nc21. The van der Waals surface area contributed by atoms with E-state index in [2.05, 4.69) is 42.7 Å². The smallest absolute Gasteiger partial charge is 0.323 e. The van der Waals surface area contributed by atoms with Crippen molar-refractivity contribution in [1.82, 2.24) is 34.8 Å². The number of rotatable bonds is 7. The number of likely N-dealkylation sites (N-methyl/N-ethyl adjacent to an activating group) is 1. The number of benzene rings is 2. The molecule has 0 spiro atoms. The number of hydrogen-bond acceptors (Lipinski definition) is 10. The van der Waals surface area contributed by atoms with E-state index in [1.807, 2.05) is 43.3 Å². The molecule has 2 aromatic heterocycles. The zero-order valence-electron chi connectivity index (χ0n) is 23.9. The zero-order valence-corrected chi connectivity index (χ0v) is 23.9. The highest BCUT2D eigenvalue weighted by molar-refractivity contribution is 5.99. The van der Waals surface area contributed by atoms with Gasteiger partial charge in [-0.1, -0.05) is 17.3 Å². The van der Waals surface area contributed by atoms with Gasteiger partial charge >= 0.3 is 6.03 Å². The number of piperazine rings is 1. The van der Waals surface area contributed by atoms with Crippen molar-refractivity contribution in [1.29, 1.82) is 0 Å². The normalized spacial score (nSPS) is 17.4. The highest BCUT2D eigenvalue weighted by Crippen LogP contribution is 2.28. The van der Waals surface area contributed by atoms with Gasteiger partial charge < -0.3 is 30.3 Å². The minimum Gasteiger partial charge on any atom is -0.378 e. The number of aryl methyl sites for hydroxylation is 1. The molecule has 4 aromatic rings. The second-order valence-electron chi connectivity index (χ2n) is 10.5. The monoisotopic (exact) mass is 572 g/mol. The van der Waals surface area contributed by atoms with Gasteiger partial charge in [0.15, 0.2) is 22.8 Å². The first-order chi connectivity index (χ1) is 20.5. The van der Waals surface area contributed by atoms with Crippen LogP contribution in [0.2, 0.25) is 0 Å². The average molecular weight is 573 g/mol. The minimum absolute atomic E-state index is 0.361. The van der Waals surface area contributed by atoms with Crippen molar-refractivity contribution >= 4 is 34.4 Å². The summed E-state index contributed by atoms with van der Waals surface area (Å²) in [6.45, 7) is 8.85. The summed E-state index contributed by atoms with van der Waals surface area (Å²) in [4.78, 5) is 28.8. The predicted octanol–water partition coefficient (Wildman–Crippen LogP) is 2.63. The molecule has 4 heterocycles. The molecule has 0 aliphatic carbocycles. The molecular formula is C29H36N10O3. The average Bonchev–Trinajstić information content (AvgIpc) is 3.45. The van der Waals surface area contributed by atoms with E-state index in [1.165, 1.54) is 0 Å². The van der Waals surface area contributed by atoms with Gasteiger partial charge in [-0.3, -0.25) is 4.90 Å². The predicted molar refractivity (Wildman–Crippen MR) is 160 cm³/mol. The lowest BCUT2D eigenvalue weighted by Crippen LogP contribution is -2.45. The van der Waals surface area contributed by atoms with E-state index >= 15 is 0 Å². The summed E-state index contributed by atoms with van der Waals surface area (Å²) in [5.74, 6) is 1.32. The Morgan fingerprint density at radius 3 is 2.21 bits per heavy atom. The van der Waals surface area contributed by atoms with Gasteiger partial charge in [0.1, 0.15) is 6.23 Å². The Kier molecular flexibility index (Phi) is 8.24. The number of nitrogens with zero attached hydrogens (tertiary/aromatic N) is 8. The number of urea groups is 1. The van der Waals surface area contributed by atoms with E-state index in [-0.39, 0.29) is 6.03 Å². The van der Waals surface area contributed by atoms with Crippen LogP contribution in [0.25, 0.3) is 22.6 Å². The van der Waals surface area contributed by atoms with Crippen LogP contribution in [0.4, 0.5) is 22.0 Å². The van der Waals surface area contributed by atoms with Crippen LogP contribution in [0.1, 0.15) is 18.7 Å². The van der Waals surface area contributed by atoms with Crippen molar-refractivity contribution in [3.8, 4) is 11.4 Å². The molecule has 6 rings (SSSR count). The first-order valence-electron chi connectivity index (χ1n) is 14.3. The number of carbonyl (C=O) groups is 1. The molecule has 2 saturated heterocycles. The maximum atomic E-state index is 12.7. The first kappa shape index (κ1) is 28.0. The summed E-state index contributed by atoms with van der Waals surface area (Å²) in [6.07, 6.45) is -0.659. The third kappa shape index (κ3) is 6.04. The highest BCUT2D eigenvalue weighted by Gasteiger charge is 2.23. The largest absolute Gasteiger partial charge is 0.378 e. The summed E-state index contributed by atoms with van der Waals surface area (Å²) in [5.41, 5.74) is 4.25. The number of hydrogen-bond donors (Lipinski definition) is 3. The summed E-state index contributed by atoms with van der Waals surface area (Å²) in [7, 11) is 2.09. The van der Waals surface area contributed by atoms with Crippen LogP contribution in [0.15, 0.2) is 48.5 Å². The fourth-order valence-electron chi connectivity index (χ4n) is 5.19. The fraction of sp³-hybridized carbons (Fsp3) is 0.414. The maximum Gasteiger partial charge on any atom is 0.323 e. The lowest BCUT2D eigenvalue weighted by atomic mass is 10.1. The number of ether oxygens (including phenoxy) is 1. The van der Waals surface area contributed by atoms with Gasteiger partial charge in [-0.05, 0) is 55.9 Å². The fourth-order valence-corrected chi connectivity index (χ4v) is 5.19. The van der Waals surface area contributed by atoms with Crippen molar-refractivity contribution in [2.45, 2.75) is 19.7 Å². The van der Waals surface area contributed by atoms with Gasteiger partial charge in [0, 0.05) is 62.8 Å². The maximum absolute atomic E-state index is 12.7. The Morgan fingerprint density at radius 1 is 0.929 bits per heavy atom. The third-order valence-electron chi connectivity index (χ3n) is 7.71. The van der Waals surface area contributed by atoms with Crippen LogP contribution in [0, 0.1) is 0 Å². The molecule has 13 nitrogen and oxygen atoms in total.